The first kappa shape index (κ1) is 22.4. The molecule has 0 radical (unpaired) electrons. The maximum Gasteiger partial charge on any atom is 0.303 e. The normalized spacial score (nSPS) is 19.5. The Labute approximate surface area is 170 Å². The van der Waals surface area contributed by atoms with Crippen LogP contribution in [0.1, 0.15) is 88.7 Å². The first-order valence-corrected chi connectivity index (χ1v) is 11.1. The van der Waals surface area contributed by atoms with Crippen molar-refractivity contribution in [2.45, 2.75) is 84.0 Å². The number of Topliss-reactive ketones (excluding diaryl/α,β-unsaturated/α-hetero) is 1. The quantitative estimate of drug-likeness (QED) is 0.397. The molecule has 154 valence electrons. The first-order valence-electron chi connectivity index (χ1n) is 11.1. The van der Waals surface area contributed by atoms with Gasteiger partial charge in [0.05, 0.1) is 0 Å². The summed E-state index contributed by atoms with van der Waals surface area (Å²) < 4.78 is 0. The van der Waals surface area contributed by atoms with Gasteiger partial charge in [0.1, 0.15) is 5.78 Å². The Kier molecular flexibility index (Phi) is 10.0. The fraction of sp³-hybridized carbons (Fsp3) is 0.600. The van der Waals surface area contributed by atoms with Gasteiger partial charge in [0, 0.05) is 18.8 Å². The van der Waals surface area contributed by atoms with E-state index in [0.717, 1.165) is 44.9 Å². The number of carbonyl (C=O) groups excluding carboxylic acids is 1. The molecule has 2 unspecified atom stereocenters. The zero-order chi connectivity index (χ0) is 20.2. The summed E-state index contributed by atoms with van der Waals surface area (Å²) in [5.41, 5.74) is 2.62. The molecule has 3 nitrogen and oxygen atoms in total. The van der Waals surface area contributed by atoms with Crippen molar-refractivity contribution in [3.05, 3.63) is 41.5 Å². The van der Waals surface area contributed by atoms with E-state index in [0.29, 0.717) is 18.1 Å². The number of ketones is 1. The summed E-state index contributed by atoms with van der Waals surface area (Å²) in [6, 6.07) is 8.82. The summed E-state index contributed by atoms with van der Waals surface area (Å²) in [6.45, 7) is 2.23. The molecule has 3 heteroatoms. The van der Waals surface area contributed by atoms with Gasteiger partial charge in [0.15, 0.2) is 0 Å². The number of allylic oxidation sites excluding steroid dienone is 1. The predicted molar refractivity (Wildman–Crippen MR) is 115 cm³/mol. The third-order valence-electron chi connectivity index (χ3n) is 5.89. The van der Waals surface area contributed by atoms with E-state index >= 15 is 0 Å². The summed E-state index contributed by atoms with van der Waals surface area (Å²) in [5.74, 6) is 0.205. The second-order valence-corrected chi connectivity index (χ2v) is 8.18. The van der Waals surface area contributed by atoms with Crippen molar-refractivity contribution >= 4 is 17.8 Å². The van der Waals surface area contributed by atoms with Crippen molar-refractivity contribution < 1.29 is 14.7 Å². The van der Waals surface area contributed by atoms with Gasteiger partial charge in [0.25, 0.3) is 0 Å². The van der Waals surface area contributed by atoms with Crippen LogP contribution in [0.15, 0.2) is 30.3 Å². The fourth-order valence-electron chi connectivity index (χ4n) is 4.14. The van der Waals surface area contributed by atoms with Crippen LogP contribution in [0.3, 0.4) is 0 Å². The highest BCUT2D eigenvalue weighted by Gasteiger charge is 2.32. The fourth-order valence-corrected chi connectivity index (χ4v) is 4.14. The van der Waals surface area contributed by atoms with E-state index in [4.69, 9.17) is 5.11 Å². The molecule has 1 N–H and O–H groups in total. The molecule has 1 aromatic carbocycles. The molecule has 2 atom stereocenters. The van der Waals surface area contributed by atoms with Crippen molar-refractivity contribution in [3.63, 3.8) is 0 Å². The number of unbranched alkanes of at least 4 members (excludes halogenated alkanes) is 5. The maximum atomic E-state index is 12.3. The van der Waals surface area contributed by atoms with E-state index in [1.165, 1.54) is 30.4 Å². The molecule has 0 spiro atoms. The van der Waals surface area contributed by atoms with Gasteiger partial charge in [0.2, 0.25) is 0 Å². The summed E-state index contributed by atoms with van der Waals surface area (Å²) in [5, 5.41) is 8.68. The Morgan fingerprint density at radius 2 is 1.82 bits per heavy atom. The summed E-state index contributed by atoms with van der Waals surface area (Å²) >= 11 is 0. The van der Waals surface area contributed by atoms with Gasteiger partial charge < -0.3 is 5.11 Å². The molecule has 1 fully saturated rings. The number of aliphatic carboxylic acids is 1. The number of benzene rings is 1. The number of rotatable bonds is 13. The summed E-state index contributed by atoms with van der Waals surface area (Å²) in [6.07, 6.45) is 16.0. The zero-order valence-corrected chi connectivity index (χ0v) is 17.4. The van der Waals surface area contributed by atoms with Crippen LogP contribution in [0, 0.1) is 11.8 Å². The lowest BCUT2D eigenvalue weighted by Crippen LogP contribution is -2.13. The monoisotopic (exact) mass is 384 g/mol. The van der Waals surface area contributed by atoms with E-state index < -0.39 is 5.97 Å². The Morgan fingerprint density at radius 1 is 1.07 bits per heavy atom. The summed E-state index contributed by atoms with van der Waals surface area (Å²) in [4.78, 5) is 22.8. The summed E-state index contributed by atoms with van der Waals surface area (Å²) in [7, 11) is 0. The van der Waals surface area contributed by atoms with Crippen LogP contribution < -0.4 is 0 Å². The minimum Gasteiger partial charge on any atom is -0.481 e. The average molecular weight is 385 g/mol. The van der Waals surface area contributed by atoms with Crippen LogP contribution in [0.4, 0.5) is 0 Å². The minimum atomic E-state index is -0.717. The number of aryl methyl sites for hydroxylation is 1. The van der Waals surface area contributed by atoms with Crippen LogP contribution in [0.25, 0.3) is 6.08 Å². The molecule has 0 aliphatic heterocycles. The molecule has 1 aliphatic carbocycles. The van der Waals surface area contributed by atoms with Gasteiger partial charge >= 0.3 is 5.97 Å². The van der Waals surface area contributed by atoms with Crippen molar-refractivity contribution in [1.82, 2.24) is 0 Å². The highest BCUT2D eigenvalue weighted by atomic mass is 16.4. The Balaban J connectivity index is 1.77. The molecule has 2 rings (SSSR count). The van der Waals surface area contributed by atoms with Gasteiger partial charge in [-0.1, -0.05) is 75.4 Å². The third-order valence-corrected chi connectivity index (χ3v) is 5.89. The second kappa shape index (κ2) is 12.5. The standard InChI is InChI=1S/C25H36O3/c1-2-3-6-9-20-12-14-21(15-13-20)16-17-22-18-19-24(26)23(22)10-7-4-5-8-11-25(27)28/h12-17,22-23H,2-11,18-19H2,1H3,(H,27,28)/b17-16+. The van der Waals surface area contributed by atoms with Gasteiger partial charge in [-0.2, -0.15) is 0 Å². The number of carbonyl (C=O) groups is 2. The number of carboxylic acids is 1. The molecule has 0 bridgehead atoms. The molecule has 1 aromatic rings. The van der Waals surface area contributed by atoms with Crippen LogP contribution in [-0.2, 0) is 16.0 Å². The highest BCUT2D eigenvalue weighted by molar-refractivity contribution is 5.84. The van der Waals surface area contributed by atoms with E-state index in [2.05, 4.69) is 43.3 Å². The maximum absolute atomic E-state index is 12.3. The molecular formula is C25H36O3. The number of carboxylic acid groups (broad SMARTS) is 1. The molecular weight excluding hydrogens is 348 g/mol. The van der Waals surface area contributed by atoms with Crippen molar-refractivity contribution in [3.8, 4) is 0 Å². The molecule has 1 saturated carbocycles. The van der Waals surface area contributed by atoms with Crippen LogP contribution in [0.2, 0.25) is 0 Å². The Hall–Kier alpha value is -1.90. The first-order chi connectivity index (χ1) is 13.6. The minimum absolute atomic E-state index is 0.157. The van der Waals surface area contributed by atoms with Crippen LogP contribution in [-0.4, -0.2) is 16.9 Å². The van der Waals surface area contributed by atoms with Crippen molar-refractivity contribution in [2.75, 3.05) is 0 Å². The number of hydrogen-bond acceptors (Lipinski definition) is 2. The second-order valence-electron chi connectivity index (χ2n) is 8.18. The molecule has 1 aliphatic rings. The van der Waals surface area contributed by atoms with Gasteiger partial charge in [-0.05, 0) is 49.1 Å². The molecule has 28 heavy (non-hydrogen) atoms. The lowest BCUT2D eigenvalue weighted by Gasteiger charge is -2.14. The van der Waals surface area contributed by atoms with E-state index in [1.807, 2.05) is 0 Å². The largest absolute Gasteiger partial charge is 0.481 e. The predicted octanol–water partition coefficient (Wildman–Crippen LogP) is 6.45. The van der Waals surface area contributed by atoms with Gasteiger partial charge in [-0.15, -0.1) is 0 Å². The zero-order valence-electron chi connectivity index (χ0n) is 17.4. The molecule has 0 saturated heterocycles. The highest BCUT2D eigenvalue weighted by Crippen LogP contribution is 2.34. The van der Waals surface area contributed by atoms with Crippen LogP contribution in [0.5, 0.6) is 0 Å². The average Bonchev–Trinajstić information content (AvgIpc) is 3.03. The lowest BCUT2D eigenvalue weighted by atomic mass is 9.89. The number of hydrogen-bond donors (Lipinski definition) is 1. The third kappa shape index (κ3) is 8.00. The topological polar surface area (TPSA) is 54.4 Å². The van der Waals surface area contributed by atoms with Crippen molar-refractivity contribution in [1.29, 1.82) is 0 Å². The van der Waals surface area contributed by atoms with E-state index in [-0.39, 0.29) is 12.3 Å². The van der Waals surface area contributed by atoms with E-state index in [9.17, 15) is 9.59 Å². The van der Waals surface area contributed by atoms with E-state index in [1.54, 1.807) is 0 Å². The van der Waals surface area contributed by atoms with Gasteiger partial charge in [-0.3, -0.25) is 9.59 Å². The molecule has 0 aromatic heterocycles. The van der Waals surface area contributed by atoms with Gasteiger partial charge in [-0.25, -0.2) is 0 Å². The Bertz CT molecular complexity index is 630. The van der Waals surface area contributed by atoms with Crippen LogP contribution >= 0.6 is 0 Å². The van der Waals surface area contributed by atoms with Crippen molar-refractivity contribution in [2.24, 2.45) is 11.8 Å². The Morgan fingerprint density at radius 3 is 2.54 bits per heavy atom. The smallest absolute Gasteiger partial charge is 0.303 e. The molecule has 0 heterocycles. The molecule has 0 amide bonds. The SMILES string of the molecule is CCCCCc1ccc(/C=C/C2CCC(=O)C2CCCCCCC(=O)O)cc1. The lowest BCUT2D eigenvalue weighted by molar-refractivity contribution is -0.137.